The Morgan fingerprint density at radius 1 is 1.38 bits per heavy atom. The number of nitrogens with zero attached hydrogens (tertiary/aromatic N) is 2. The summed E-state index contributed by atoms with van der Waals surface area (Å²) in [5.74, 6) is 2.71. The summed E-state index contributed by atoms with van der Waals surface area (Å²) in [6.45, 7) is 1.16. The van der Waals surface area contributed by atoms with Gasteiger partial charge < -0.3 is 5.32 Å². The Labute approximate surface area is 77.1 Å². The molecule has 0 spiro atoms. The van der Waals surface area contributed by atoms with Gasteiger partial charge in [-0.1, -0.05) is 6.42 Å². The van der Waals surface area contributed by atoms with E-state index in [-0.39, 0.29) is 0 Å². The Bertz CT molecular complexity index is 282. The maximum atomic E-state index is 4.23. The monoisotopic (exact) mass is 178 g/mol. The molecule has 1 saturated heterocycles. The van der Waals surface area contributed by atoms with Gasteiger partial charge in [0.1, 0.15) is 12.2 Å². The van der Waals surface area contributed by atoms with Crippen LogP contribution in [0, 0.1) is 11.8 Å². The van der Waals surface area contributed by atoms with Crippen molar-refractivity contribution in [1.82, 2.24) is 20.5 Å². The minimum Gasteiger partial charge on any atom is -0.307 e. The first-order valence-electron chi connectivity index (χ1n) is 5.04. The van der Waals surface area contributed by atoms with Crippen LogP contribution in [0.2, 0.25) is 0 Å². The van der Waals surface area contributed by atoms with Gasteiger partial charge in [-0.25, -0.2) is 4.98 Å². The highest BCUT2D eigenvalue weighted by Gasteiger charge is 2.40. The molecule has 3 atom stereocenters. The van der Waals surface area contributed by atoms with Crippen LogP contribution in [0.3, 0.4) is 0 Å². The zero-order valence-corrected chi connectivity index (χ0v) is 7.53. The predicted molar refractivity (Wildman–Crippen MR) is 48.0 cm³/mol. The lowest BCUT2D eigenvalue weighted by atomic mass is 9.94. The molecule has 0 aromatic carbocycles. The topological polar surface area (TPSA) is 53.6 Å². The number of fused-ring (bicyclic) bond motifs is 1. The quantitative estimate of drug-likeness (QED) is 0.670. The second-order valence-corrected chi connectivity index (χ2v) is 4.11. The Hall–Kier alpha value is -0.900. The third-order valence-corrected chi connectivity index (χ3v) is 3.47. The molecule has 3 rings (SSSR count). The van der Waals surface area contributed by atoms with Crippen molar-refractivity contribution in [1.29, 1.82) is 0 Å². The van der Waals surface area contributed by atoms with Crippen molar-refractivity contribution in [2.24, 2.45) is 11.8 Å². The number of hydrogen-bond acceptors (Lipinski definition) is 3. The molecule has 2 N–H and O–H groups in total. The third-order valence-electron chi connectivity index (χ3n) is 3.47. The highest BCUT2D eigenvalue weighted by atomic mass is 15.2. The second kappa shape index (κ2) is 2.80. The Morgan fingerprint density at radius 3 is 3.23 bits per heavy atom. The van der Waals surface area contributed by atoms with Crippen molar-refractivity contribution in [2.75, 3.05) is 6.54 Å². The van der Waals surface area contributed by atoms with Crippen LogP contribution >= 0.6 is 0 Å². The van der Waals surface area contributed by atoms with Crippen LogP contribution in [-0.4, -0.2) is 21.7 Å². The molecule has 1 aliphatic heterocycles. The average Bonchev–Trinajstić information content (AvgIpc) is 2.79. The van der Waals surface area contributed by atoms with Crippen molar-refractivity contribution in [3.05, 3.63) is 12.2 Å². The van der Waals surface area contributed by atoms with Gasteiger partial charge >= 0.3 is 0 Å². The van der Waals surface area contributed by atoms with Crippen molar-refractivity contribution in [2.45, 2.75) is 25.3 Å². The average molecular weight is 178 g/mol. The molecule has 2 heterocycles. The van der Waals surface area contributed by atoms with E-state index in [1.165, 1.54) is 19.3 Å². The van der Waals surface area contributed by atoms with Crippen LogP contribution in [0.4, 0.5) is 0 Å². The van der Waals surface area contributed by atoms with Gasteiger partial charge in [0.25, 0.3) is 0 Å². The molecule has 1 saturated carbocycles. The smallest absolute Gasteiger partial charge is 0.141 e. The number of aromatic amines is 1. The van der Waals surface area contributed by atoms with Gasteiger partial charge in [0.15, 0.2) is 0 Å². The van der Waals surface area contributed by atoms with Crippen molar-refractivity contribution >= 4 is 0 Å². The van der Waals surface area contributed by atoms with Crippen LogP contribution in [0.25, 0.3) is 0 Å². The SMILES string of the molecule is c1n[nH]c(C2NCC3CCCC32)n1. The summed E-state index contributed by atoms with van der Waals surface area (Å²) >= 11 is 0. The highest BCUT2D eigenvalue weighted by Crippen LogP contribution is 2.43. The number of hydrogen-bond donors (Lipinski definition) is 2. The second-order valence-electron chi connectivity index (χ2n) is 4.11. The number of H-pyrrole nitrogens is 1. The van der Waals surface area contributed by atoms with Crippen molar-refractivity contribution < 1.29 is 0 Å². The molecule has 1 aliphatic carbocycles. The van der Waals surface area contributed by atoms with Gasteiger partial charge in [-0.2, -0.15) is 5.10 Å². The molecule has 2 aliphatic rings. The lowest BCUT2D eigenvalue weighted by molar-refractivity contribution is 0.408. The van der Waals surface area contributed by atoms with E-state index in [4.69, 9.17) is 0 Å². The Balaban J connectivity index is 1.86. The summed E-state index contributed by atoms with van der Waals surface area (Å²) in [5, 5.41) is 10.4. The molecule has 3 unspecified atom stereocenters. The van der Waals surface area contributed by atoms with Gasteiger partial charge in [-0.15, -0.1) is 0 Å². The lowest BCUT2D eigenvalue weighted by Crippen LogP contribution is -2.19. The Morgan fingerprint density at radius 2 is 2.38 bits per heavy atom. The van der Waals surface area contributed by atoms with Gasteiger partial charge in [-0.3, -0.25) is 5.10 Å². The van der Waals surface area contributed by atoms with Crippen LogP contribution in [0.15, 0.2) is 6.33 Å². The van der Waals surface area contributed by atoms with E-state index in [0.29, 0.717) is 6.04 Å². The maximum absolute atomic E-state index is 4.23. The molecule has 4 heteroatoms. The largest absolute Gasteiger partial charge is 0.307 e. The van der Waals surface area contributed by atoms with E-state index in [2.05, 4.69) is 20.5 Å². The predicted octanol–water partition coefficient (Wildman–Crippen LogP) is 0.865. The summed E-state index contributed by atoms with van der Waals surface area (Å²) < 4.78 is 0. The first-order chi connectivity index (χ1) is 6.45. The minimum absolute atomic E-state index is 0.440. The van der Waals surface area contributed by atoms with E-state index >= 15 is 0 Å². The molecule has 4 nitrogen and oxygen atoms in total. The molecule has 1 aromatic rings. The van der Waals surface area contributed by atoms with Gasteiger partial charge in [-0.05, 0) is 31.2 Å². The fourth-order valence-corrected chi connectivity index (χ4v) is 2.85. The van der Waals surface area contributed by atoms with Gasteiger partial charge in [0.05, 0.1) is 6.04 Å². The summed E-state index contributed by atoms with van der Waals surface area (Å²) in [6.07, 6.45) is 5.73. The molecule has 2 fully saturated rings. The molecule has 0 radical (unpaired) electrons. The van der Waals surface area contributed by atoms with Crippen molar-refractivity contribution in [3.63, 3.8) is 0 Å². The standard InChI is InChI=1S/C9H14N4/c1-2-6-4-10-8(7(6)3-1)9-11-5-12-13-9/h5-8,10H,1-4H2,(H,11,12,13). The van der Waals surface area contributed by atoms with Gasteiger partial charge in [0.2, 0.25) is 0 Å². The zero-order chi connectivity index (χ0) is 8.67. The third kappa shape index (κ3) is 1.09. The molecule has 0 amide bonds. The summed E-state index contributed by atoms with van der Waals surface area (Å²) in [4.78, 5) is 4.23. The first kappa shape index (κ1) is 7.50. The van der Waals surface area contributed by atoms with Crippen LogP contribution in [-0.2, 0) is 0 Å². The van der Waals surface area contributed by atoms with E-state index in [9.17, 15) is 0 Å². The maximum Gasteiger partial charge on any atom is 0.141 e. The minimum atomic E-state index is 0.440. The normalized spacial score (nSPS) is 38.0. The summed E-state index contributed by atoms with van der Waals surface area (Å²) in [6, 6.07) is 0.440. The van der Waals surface area contributed by atoms with E-state index in [1.807, 2.05) is 0 Å². The Kier molecular flexibility index (Phi) is 1.62. The van der Waals surface area contributed by atoms with Crippen LogP contribution < -0.4 is 5.32 Å². The molecule has 1 aromatic heterocycles. The summed E-state index contributed by atoms with van der Waals surface area (Å²) in [7, 11) is 0. The molecular formula is C9H14N4. The molecule has 13 heavy (non-hydrogen) atoms. The van der Waals surface area contributed by atoms with E-state index in [0.717, 1.165) is 24.2 Å². The van der Waals surface area contributed by atoms with E-state index in [1.54, 1.807) is 6.33 Å². The zero-order valence-electron chi connectivity index (χ0n) is 7.53. The van der Waals surface area contributed by atoms with Crippen LogP contribution in [0.5, 0.6) is 0 Å². The number of rotatable bonds is 1. The number of nitrogens with one attached hydrogen (secondary N) is 2. The first-order valence-corrected chi connectivity index (χ1v) is 5.04. The fraction of sp³-hybridized carbons (Fsp3) is 0.778. The molecule has 70 valence electrons. The van der Waals surface area contributed by atoms with Gasteiger partial charge in [0, 0.05) is 0 Å². The van der Waals surface area contributed by atoms with E-state index < -0.39 is 0 Å². The highest BCUT2D eigenvalue weighted by molar-refractivity contribution is 5.03. The molecule has 0 bridgehead atoms. The number of aromatic nitrogens is 3. The van der Waals surface area contributed by atoms with Crippen LogP contribution in [0.1, 0.15) is 31.1 Å². The summed E-state index contributed by atoms with van der Waals surface area (Å²) in [5.41, 5.74) is 0. The molecular weight excluding hydrogens is 164 g/mol. The lowest BCUT2D eigenvalue weighted by Gasteiger charge is -2.14. The van der Waals surface area contributed by atoms with Crippen molar-refractivity contribution in [3.8, 4) is 0 Å². The fourth-order valence-electron chi connectivity index (χ4n) is 2.85.